The Morgan fingerprint density at radius 3 is 2.56 bits per heavy atom. The summed E-state index contributed by atoms with van der Waals surface area (Å²) in [5.74, 6) is -0.0986. The molecule has 0 spiro atoms. The van der Waals surface area contributed by atoms with E-state index < -0.39 is 12.3 Å². The Kier molecular flexibility index (Phi) is 7.40. The van der Waals surface area contributed by atoms with E-state index in [-0.39, 0.29) is 5.91 Å². The molecule has 2 rings (SSSR count). The van der Waals surface area contributed by atoms with Gasteiger partial charge in [0, 0.05) is 7.11 Å². The molecule has 1 amide bonds. The highest BCUT2D eigenvalue weighted by molar-refractivity contribution is 8.26. The molecular weight excluding hydrogens is 390 g/mol. The van der Waals surface area contributed by atoms with Crippen LogP contribution in [0.4, 0.5) is 0 Å². The number of rotatable bonds is 7. The molecule has 144 valence electrons. The zero-order valence-electron chi connectivity index (χ0n) is 15.2. The van der Waals surface area contributed by atoms with Crippen LogP contribution in [0.5, 0.6) is 11.5 Å². The van der Waals surface area contributed by atoms with E-state index in [1.54, 1.807) is 18.2 Å². The lowest BCUT2D eigenvalue weighted by Gasteiger charge is -2.17. The van der Waals surface area contributed by atoms with Crippen LogP contribution in [0.15, 0.2) is 34.8 Å². The van der Waals surface area contributed by atoms with Crippen molar-refractivity contribution in [2.75, 3.05) is 21.3 Å². The second kappa shape index (κ2) is 9.54. The number of ether oxygens (including phenoxy) is 4. The Bertz CT molecular complexity index is 818. The first-order chi connectivity index (χ1) is 12.9. The highest BCUT2D eigenvalue weighted by atomic mass is 32.2. The maximum atomic E-state index is 11.8. The SMILES string of the molecule is COC(=O)C(OC)Oc1ccc(C=CC(C)=C2SC(=S)NC2=O)cc1OC. The van der Waals surface area contributed by atoms with E-state index in [1.165, 1.54) is 33.1 Å². The summed E-state index contributed by atoms with van der Waals surface area (Å²) in [6, 6.07) is 5.17. The number of thioether (sulfide) groups is 1. The van der Waals surface area contributed by atoms with Gasteiger partial charge in [-0.05, 0) is 30.2 Å². The smallest absolute Gasteiger partial charge is 0.376 e. The van der Waals surface area contributed by atoms with Crippen molar-refractivity contribution in [3.63, 3.8) is 0 Å². The van der Waals surface area contributed by atoms with Crippen molar-refractivity contribution in [1.82, 2.24) is 5.32 Å². The van der Waals surface area contributed by atoms with Crippen molar-refractivity contribution in [1.29, 1.82) is 0 Å². The molecule has 1 aromatic carbocycles. The number of carbonyl (C=O) groups is 2. The largest absolute Gasteiger partial charge is 0.493 e. The summed E-state index contributed by atoms with van der Waals surface area (Å²) < 4.78 is 20.8. The molecular formula is C18H19NO6S2. The van der Waals surface area contributed by atoms with Gasteiger partial charge in [0.05, 0.1) is 19.1 Å². The number of hydrogen-bond acceptors (Lipinski definition) is 8. The molecule has 1 aliphatic heterocycles. The monoisotopic (exact) mass is 409 g/mol. The summed E-state index contributed by atoms with van der Waals surface area (Å²) >= 11 is 6.23. The second-order valence-corrected chi connectivity index (χ2v) is 7.00. The summed E-state index contributed by atoms with van der Waals surface area (Å²) in [7, 11) is 4.07. The molecule has 1 N–H and O–H groups in total. The molecule has 9 heteroatoms. The van der Waals surface area contributed by atoms with Crippen LogP contribution in [-0.2, 0) is 19.1 Å². The molecule has 0 radical (unpaired) electrons. The van der Waals surface area contributed by atoms with E-state index in [2.05, 4.69) is 10.1 Å². The predicted octanol–water partition coefficient (Wildman–Crippen LogP) is 2.65. The van der Waals surface area contributed by atoms with Crippen LogP contribution in [-0.4, -0.2) is 43.8 Å². The van der Waals surface area contributed by atoms with E-state index in [9.17, 15) is 9.59 Å². The fourth-order valence-corrected chi connectivity index (χ4v) is 3.20. The van der Waals surface area contributed by atoms with Crippen LogP contribution in [0.25, 0.3) is 6.08 Å². The summed E-state index contributed by atoms with van der Waals surface area (Å²) in [6.45, 7) is 1.83. The summed E-state index contributed by atoms with van der Waals surface area (Å²) in [6.07, 6.45) is 2.45. The molecule has 1 aliphatic rings. The Hall–Kier alpha value is -2.36. The minimum atomic E-state index is -1.20. The quantitative estimate of drug-likeness (QED) is 0.319. The third-order valence-electron chi connectivity index (χ3n) is 3.53. The number of thiocarbonyl (C=S) groups is 1. The fourth-order valence-electron chi connectivity index (χ4n) is 2.16. The van der Waals surface area contributed by atoms with Crippen LogP contribution in [0.1, 0.15) is 12.5 Å². The highest BCUT2D eigenvalue weighted by Gasteiger charge is 2.24. The van der Waals surface area contributed by atoms with Gasteiger partial charge >= 0.3 is 5.97 Å². The van der Waals surface area contributed by atoms with Crippen molar-refractivity contribution >= 4 is 46.3 Å². The van der Waals surface area contributed by atoms with Gasteiger partial charge in [0.1, 0.15) is 4.32 Å². The Labute approximate surface area is 166 Å². The molecule has 0 saturated carbocycles. The van der Waals surface area contributed by atoms with E-state index in [1.807, 2.05) is 19.1 Å². The molecule has 7 nitrogen and oxygen atoms in total. The van der Waals surface area contributed by atoms with Crippen molar-refractivity contribution in [3.05, 3.63) is 40.3 Å². The van der Waals surface area contributed by atoms with Crippen LogP contribution < -0.4 is 14.8 Å². The van der Waals surface area contributed by atoms with Gasteiger partial charge in [-0.1, -0.05) is 42.2 Å². The van der Waals surface area contributed by atoms with Gasteiger partial charge in [-0.15, -0.1) is 0 Å². The number of benzene rings is 1. The van der Waals surface area contributed by atoms with Gasteiger partial charge in [-0.25, -0.2) is 4.79 Å². The van der Waals surface area contributed by atoms with Crippen molar-refractivity contribution in [3.8, 4) is 11.5 Å². The van der Waals surface area contributed by atoms with E-state index in [0.29, 0.717) is 20.7 Å². The molecule has 0 bridgehead atoms. The Morgan fingerprint density at radius 2 is 2.00 bits per heavy atom. The molecule has 27 heavy (non-hydrogen) atoms. The molecule has 0 aromatic heterocycles. The average molecular weight is 409 g/mol. The minimum absolute atomic E-state index is 0.193. The zero-order chi connectivity index (χ0) is 20.0. The number of methoxy groups -OCH3 is 3. The first kappa shape index (κ1) is 20.9. The van der Waals surface area contributed by atoms with Crippen molar-refractivity contribution < 1.29 is 28.5 Å². The van der Waals surface area contributed by atoms with E-state index >= 15 is 0 Å². The average Bonchev–Trinajstić information content (AvgIpc) is 3.02. The summed E-state index contributed by atoms with van der Waals surface area (Å²) in [4.78, 5) is 24.0. The number of amides is 1. The van der Waals surface area contributed by atoms with Gasteiger partial charge < -0.3 is 24.3 Å². The van der Waals surface area contributed by atoms with Crippen molar-refractivity contribution in [2.24, 2.45) is 0 Å². The maximum absolute atomic E-state index is 11.8. The highest BCUT2D eigenvalue weighted by Crippen LogP contribution is 2.31. The van der Waals surface area contributed by atoms with Gasteiger partial charge in [0.2, 0.25) is 0 Å². The lowest BCUT2D eigenvalue weighted by atomic mass is 10.1. The maximum Gasteiger partial charge on any atom is 0.376 e. The first-order valence-electron chi connectivity index (χ1n) is 7.77. The van der Waals surface area contributed by atoms with E-state index in [4.69, 9.17) is 26.4 Å². The lowest BCUT2D eigenvalue weighted by Crippen LogP contribution is -2.30. The van der Waals surface area contributed by atoms with E-state index in [0.717, 1.165) is 11.1 Å². The molecule has 1 fully saturated rings. The number of nitrogens with one attached hydrogen (secondary N) is 1. The van der Waals surface area contributed by atoms with Crippen LogP contribution >= 0.6 is 24.0 Å². The van der Waals surface area contributed by atoms with Crippen LogP contribution in [0.2, 0.25) is 0 Å². The number of carbonyl (C=O) groups excluding carboxylic acids is 2. The molecule has 1 atom stereocenters. The molecule has 0 aliphatic carbocycles. The van der Waals surface area contributed by atoms with Crippen molar-refractivity contribution in [2.45, 2.75) is 13.2 Å². The first-order valence-corrected chi connectivity index (χ1v) is 8.99. The molecule has 1 aromatic rings. The number of hydrogen-bond donors (Lipinski definition) is 1. The normalized spacial score (nSPS) is 16.9. The zero-order valence-corrected chi connectivity index (χ0v) is 16.9. The number of esters is 1. The summed E-state index contributed by atoms with van der Waals surface area (Å²) in [5.41, 5.74) is 1.61. The second-order valence-electron chi connectivity index (χ2n) is 5.31. The molecule has 1 heterocycles. The minimum Gasteiger partial charge on any atom is -0.493 e. The third kappa shape index (κ3) is 5.31. The fraction of sp³-hybridized carbons (Fsp3) is 0.278. The summed E-state index contributed by atoms with van der Waals surface area (Å²) in [5, 5.41) is 2.59. The number of allylic oxidation sites excluding steroid dienone is 2. The Balaban J connectivity index is 2.20. The standard InChI is InChI=1S/C18H19NO6S2/c1-10(14-15(20)19-18(26)27-14)5-6-11-7-8-12(13(9-11)22-2)25-17(24-4)16(21)23-3/h5-9,17H,1-4H3,(H,19,20,26). The van der Waals surface area contributed by atoms with Gasteiger partial charge in [0.15, 0.2) is 11.5 Å². The molecule has 1 saturated heterocycles. The Morgan fingerprint density at radius 1 is 1.26 bits per heavy atom. The topological polar surface area (TPSA) is 83.1 Å². The third-order valence-corrected chi connectivity index (χ3v) is 4.88. The van der Waals surface area contributed by atoms with Gasteiger partial charge in [-0.2, -0.15) is 0 Å². The predicted molar refractivity (Wildman–Crippen MR) is 107 cm³/mol. The van der Waals surface area contributed by atoms with Crippen LogP contribution in [0.3, 0.4) is 0 Å². The van der Waals surface area contributed by atoms with Crippen LogP contribution in [0, 0.1) is 0 Å². The molecule has 1 unspecified atom stereocenters. The lowest BCUT2D eigenvalue weighted by molar-refractivity contribution is -0.170. The van der Waals surface area contributed by atoms with Gasteiger partial charge in [0.25, 0.3) is 12.2 Å². The van der Waals surface area contributed by atoms with Gasteiger partial charge in [-0.3, -0.25) is 4.79 Å².